The maximum absolute atomic E-state index is 9.66. The van der Waals surface area contributed by atoms with E-state index in [1.165, 1.54) is 6.08 Å². The average Bonchev–Trinajstić information content (AvgIpc) is 2.51. The molecule has 0 fully saturated rings. The van der Waals surface area contributed by atoms with E-state index in [9.17, 15) is 15.3 Å². The summed E-state index contributed by atoms with van der Waals surface area (Å²) in [5, 5.41) is 37.2. The van der Waals surface area contributed by atoms with Crippen LogP contribution in [0.2, 0.25) is 0 Å². The Kier molecular flexibility index (Phi) is 5.22. The highest BCUT2D eigenvalue weighted by atomic mass is 16.3. The maximum atomic E-state index is 9.66. The van der Waals surface area contributed by atoms with Crippen LogP contribution in [-0.2, 0) is 0 Å². The second-order valence-corrected chi connectivity index (χ2v) is 4.79. The van der Waals surface area contributed by atoms with E-state index in [1.807, 2.05) is 6.08 Å². The minimum atomic E-state index is -0.215. The lowest BCUT2D eigenvalue weighted by atomic mass is 9.96. The molecule has 0 aromatic heterocycles. The van der Waals surface area contributed by atoms with Gasteiger partial charge >= 0.3 is 0 Å². The summed E-state index contributed by atoms with van der Waals surface area (Å²) < 4.78 is 0. The van der Waals surface area contributed by atoms with E-state index < -0.39 is 0 Å². The summed E-state index contributed by atoms with van der Waals surface area (Å²) in [6.07, 6.45) is 3.44. The van der Waals surface area contributed by atoms with Gasteiger partial charge in [0.05, 0.1) is 12.4 Å². The fourth-order valence-corrected chi connectivity index (χ4v) is 2.08. The fourth-order valence-electron chi connectivity index (χ4n) is 2.08. The number of allylic oxidation sites excluding steroid dienone is 1. The van der Waals surface area contributed by atoms with Gasteiger partial charge in [-0.3, -0.25) is 0 Å². The number of phenolic OH excluding ortho intramolecular Hbond substituents is 2. The maximum Gasteiger partial charge on any atom is 0.115 e. The molecule has 0 saturated carbocycles. The summed E-state index contributed by atoms with van der Waals surface area (Å²) in [5.74, 6) is 0.436. The first kappa shape index (κ1) is 15.7. The van der Waals surface area contributed by atoms with Crippen LogP contribution in [0.1, 0.15) is 17.5 Å². The summed E-state index contributed by atoms with van der Waals surface area (Å²) in [5.41, 5.74) is 2.61. The van der Waals surface area contributed by atoms with Gasteiger partial charge in [0.2, 0.25) is 0 Å². The van der Waals surface area contributed by atoms with Crippen LogP contribution in [0.15, 0.2) is 66.4 Å². The number of aliphatic hydroxyl groups is 2. The van der Waals surface area contributed by atoms with E-state index in [-0.39, 0.29) is 30.3 Å². The van der Waals surface area contributed by atoms with Gasteiger partial charge in [0.25, 0.3) is 0 Å². The number of aliphatic hydroxyl groups excluding tert-OH is 2. The molecule has 114 valence electrons. The molecule has 0 aliphatic carbocycles. The molecule has 2 aromatic carbocycles. The zero-order valence-electron chi connectivity index (χ0n) is 12.0. The third kappa shape index (κ3) is 4.14. The molecule has 0 aliphatic heterocycles. The molecule has 4 nitrogen and oxygen atoms in total. The molecule has 4 heteroatoms. The van der Waals surface area contributed by atoms with Crippen molar-refractivity contribution in [2.24, 2.45) is 0 Å². The molecule has 0 amide bonds. The Balaban J connectivity index is 2.40. The first-order chi connectivity index (χ1) is 10.6. The van der Waals surface area contributed by atoms with Crippen LogP contribution in [0, 0.1) is 0 Å². The molecule has 0 atom stereocenters. The predicted octanol–water partition coefficient (Wildman–Crippen LogP) is 3.35. The molecule has 4 N–H and O–H groups in total. The van der Waals surface area contributed by atoms with E-state index in [0.717, 1.165) is 16.7 Å². The minimum absolute atomic E-state index is 0.0811. The van der Waals surface area contributed by atoms with E-state index in [0.29, 0.717) is 0 Å². The Hall–Kier alpha value is -2.72. The number of hydrogen-bond donors (Lipinski definition) is 4. The van der Waals surface area contributed by atoms with Gasteiger partial charge in [0, 0.05) is 6.42 Å². The van der Waals surface area contributed by atoms with Gasteiger partial charge in [0.15, 0.2) is 0 Å². The van der Waals surface area contributed by atoms with Crippen LogP contribution >= 0.6 is 0 Å². The largest absolute Gasteiger partial charge is 0.512 e. The summed E-state index contributed by atoms with van der Waals surface area (Å²) in [6.45, 7) is -0.215. The highest BCUT2D eigenvalue weighted by Crippen LogP contribution is 2.27. The van der Waals surface area contributed by atoms with Gasteiger partial charge in [-0.25, -0.2) is 0 Å². The molecule has 0 spiro atoms. The molecule has 0 heterocycles. The molecular formula is C18H18O4. The first-order valence-electron chi connectivity index (χ1n) is 6.88. The smallest absolute Gasteiger partial charge is 0.115 e. The number of benzene rings is 2. The van der Waals surface area contributed by atoms with Crippen molar-refractivity contribution in [3.63, 3.8) is 0 Å². The SMILES string of the molecule is OCC=C(O)CC=C(c1ccc(O)cc1)c1ccc(O)cc1. The molecule has 0 unspecified atom stereocenters. The Labute approximate surface area is 128 Å². The molecule has 2 rings (SSSR count). The van der Waals surface area contributed by atoms with E-state index in [2.05, 4.69) is 0 Å². The molecule has 22 heavy (non-hydrogen) atoms. The zero-order valence-corrected chi connectivity index (χ0v) is 12.0. The van der Waals surface area contributed by atoms with Crippen molar-refractivity contribution in [2.45, 2.75) is 6.42 Å². The van der Waals surface area contributed by atoms with Gasteiger partial charge < -0.3 is 20.4 Å². The molecule has 2 aromatic rings. The topological polar surface area (TPSA) is 80.9 Å². The lowest BCUT2D eigenvalue weighted by molar-refractivity contribution is 0.327. The highest BCUT2D eigenvalue weighted by molar-refractivity contribution is 5.80. The summed E-state index contributed by atoms with van der Waals surface area (Å²) >= 11 is 0. The Morgan fingerprint density at radius 2 is 1.23 bits per heavy atom. The molecule has 0 saturated heterocycles. The first-order valence-corrected chi connectivity index (χ1v) is 6.88. The van der Waals surface area contributed by atoms with E-state index >= 15 is 0 Å². The number of phenols is 2. The highest BCUT2D eigenvalue weighted by Gasteiger charge is 2.06. The summed E-state index contributed by atoms with van der Waals surface area (Å²) in [4.78, 5) is 0. The standard InChI is InChI=1S/C18H18O4/c19-12-11-17(22)9-10-18(13-1-5-15(20)6-2-13)14-3-7-16(21)8-4-14/h1-8,10-11,19-22H,9,12H2. The average molecular weight is 298 g/mol. The Morgan fingerprint density at radius 1 is 0.773 bits per heavy atom. The third-order valence-corrected chi connectivity index (χ3v) is 3.20. The van der Waals surface area contributed by atoms with Crippen LogP contribution in [0.5, 0.6) is 11.5 Å². The molecule has 0 aliphatic rings. The molecule has 0 bridgehead atoms. The van der Waals surface area contributed by atoms with Gasteiger partial charge in [-0.1, -0.05) is 30.3 Å². The van der Waals surface area contributed by atoms with Crippen molar-refractivity contribution in [1.29, 1.82) is 0 Å². The van der Waals surface area contributed by atoms with Crippen molar-refractivity contribution in [1.82, 2.24) is 0 Å². The lowest BCUT2D eigenvalue weighted by Gasteiger charge is -2.09. The Morgan fingerprint density at radius 3 is 1.64 bits per heavy atom. The zero-order chi connectivity index (χ0) is 15.9. The number of aromatic hydroxyl groups is 2. The number of rotatable bonds is 5. The second kappa shape index (κ2) is 7.33. The van der Waals surface area contributed by atoms with Crippen molar-refractivity contribution in [2.75, 3.05) is 6.61 Å². The van der Waals surface area contributed by atoms with Crippen molar-refractivity contribution < 1.29 is 20.4 Å². The number of hydrogen-bond acceptors (Lipinski definition) is 4. The second-order valence-electron chi connectivity index (χ2n) is 4.79. The van der Waals surface area contributed by atoms with Gasteiger partial charge in [-0.2, -0.15) is 0 Å². The van der Waals surface area contributed by atoms with Gasteiger partial charge in [0.1, 0.15) is 11.5 Å². The third-order valence-electron chi connectivity index (χ3n) is 3.20. The van der Waals surface area contributed by atoms with E-state index in [4.69, 9.17) is 5.11 Å². The Bertz CT molecular complexity index is 620. The monoisotopic (exact) mass is 298 g/mol. The van der Waals surface area contributed by atoms with Gasteiger partial charge in [-0.05, 0) is 47.0 Å². The van der Waals surface area contributed by atoms with E-state index in [1.54, 1.807) is 48.5 Å². The van der Waals surface area contributed by atoms with Crippen molar-refractivity contribution >= 4 is 5.57 Å². The predicted molar refractivity (Wildman–Crippen MR) is 85.7 cm³/mol. The summed E-state index contributed by atoms with van der Waals surface area (Å²) in [6, 6.07) is 13.5. The van der Waals surface area contributed by atoms with Crippen LogP contribution in [0.3, 0.4) is 0 Å². The van der Waals surface area contributed by atoms with Crippen LogP contribution in [-0.4, -0.2) is 27.0 Å². The summed E-state index contributed by atoms with van der Waals surface area (Å²) in [7, 11) is 0. The van der Waals surface area contributed by atoms with Crippen LogP contribution < -0.4 is 0 Å². The fraction of sp³-hybridized carbons (Fsp3) is 0.111. The van der Waals surface area contributed by atoms with Crippen molar-refractivity contribution in [3.05, 3.63) is 77.6 Å². The van der Waals surface area contributed by atoms with Crippen LogP contribution in [0.4, 0.5) is 0 Å². The quantitative estimate of drug-likeness (QED) is 0.638. The molecular weight excluding hydrogens is 280 g/mol. The minimum Gasteiger partial charge on any atom is -0.512 e. The normalized spacial score (nSPS) is 11.2. The van der Waals surface area contributed by atoms with Gasteiger partial charge in [-0.15, -0.1) is 0 Å². The van der Waals surface area contributed by atoms with Crippen molar-refractivity contribution in [3.8, 4) is 11.5 Å². The lowest BCUT2D eigenvalue weighted by Crippen LogP contribution is -1.90. The molecule has 0 radical (unpaired) electrons. The van der Waals surface area contributed by atoms with Crippen LogP contribution in [0.25, 0.3) is 5.57 Å².